The predicted molar refractivity (Wildman–Crippen MR) is 87.8 cm³/mol. The van der Waals surface area contributed by atoms with Gasteiger partial charge in [0, 0.05) is 18.0 Å². The zero-order valence-electron chi connectivity index (χ0n) is 12.3. The van der Waals surface area contributed by atoms with Gasteiger partial charge in [0.05, 0.1) is 10.2 Å². The fraction of sp³-hybridized carbons (Fsp3) is 0.533. The molecular weight excluding hydrogens is 332 g/mol. The van der Waals surface area contributed by atoms with Crippen LogP contribution in [0.4, 0.5) is 5.95 Å². The Morgan fingerprint density at radius 3 is 2.76 bits per heavy atom. The molecule has 0 amide bonds. The van der Waals surface area contributed by atoms with E-state index in [0.29, 0.717) is 28.7 Å². The number of rotatable bonds is 3. The van der Waals surface area contributed by atoms with Crippen LogP contribution in [0, 0.1) is 6.92 Å². The summed E-state index contributed by atoms with van der Waals surface area (Å²) in [5.74, 6) is 0.635. The molecule has 1 N–H and O–H groups in total. The molecule has 6 heteroatoms. The lowest BCUT2D eigenvalue weighted by molar-refractivity contribution is 0.730. The molecule has 2 aromatic heterocycles. The van der Waals surface area contributed by atoms with E-state index in [4.69, 9.17) is 0 Å². The topological polar surface area (TPSA) is 59.8 Å². The van der Waals surface area contributed by atoms with Gasteiger partial charge in [-0.2, -0.15) is 4.98 Å². The minimum atomic E-state index is -0.0464. The molecule has 0 saturated heterocycles. The summed E-state index contributed by atoms with van der Waals surface area (Å²) in [6, 6.07) is 2.28. The molecule has 21 heavy (non-hydrogen) atoms. The maximum atomic E-state index is 12.2. The summed E-state index contributed by atoms with van der Waals surface area (Å²) in [6.07, 6.45) is 4.86. The SMILES string of the molecule is CCn1c(=O)c(Br)cc2c(C)nc(NC3CCCC3)nc21. The molecule has 1 fully saturated rings. The molecule has 1 aliphatic carbocycles. The monoisotopic (exact) mass is 350 g/mol. The van der Waals surface area contributed by atoms with Crippen LogP contribution in [0.2, 0.25) is 0 Å². The van der Waals surface area contributed by atoms with Crippen LogP contribution in [-0.2, 0) is 6.54 Å². The molecule has 0 spiro atoms. The van der Waals surface area contributed by atoms with Crippen molar-refractivity contribution in [2.45, 2.75) is 52.1 Å². The fourth-order valence-electron chi connectivity index (χ4n) is 2.97. The highest BCUT2D eigenvalue weighted by molar-refractivity contribution is 9.10. The fourth-order valence-corrected chi connectivity index (χ4v) is 3.41. The maximum Gasteiger partial charge on any atom is 0.266 e. The van der Waals surface area contributed by atoms with Crippen LogP contribution >= 0.6 is 15.9 Å². The summed E-state index contributed by atoms with van der Waals surface area (Å²) in [5.41, 5.74) is 1.55. The second-order valence-electron chi connectivity index (χ2n) is 5.54. The molecule has 1 aliphatic rings. The van der Waals surface area contributed by atoms with Gasteiger partial charge in [-0.1, -0.05) is 12.8 Å². The zero-order valence-corrected chi connectivity index (χ0v) is 13.9. The van der Waals surface area contributed by atoms with Crippen molar-refractivity contribution in [1.29, 1.82) is 0 Å². The standard InChI is InChI=1S/C15H19BrN4O/c1-3-20-13-11(8-12(16)14(20)21)9(2)17-15(19-13)18-10-6-4-5-7-10/h8,10H,3-7H2,1-2H3,(H,17,18,19). The molecule has 5 nitrogen and oxygen atoms in total. The first kappa shape index (κ1) is 14.5. The average Bonchev–Trinajstić information content (AvgIpc) is 2.94. The molecule has 0 bridgehead atoms. The van der Waals surface area contributed by atoms with Gasteiger partial charge in [0.1, 0.15) is 5.65 Å². The number of pyridine rings is 1. The molecule has 0 aliphatic heterocycles. The minimum Gasteiger partial charge on any atom is -0.351 e. The Morgan fingerprint density at radius 1 is 1.38 bits per heavy atom. The molecule has 0 unspecified atom stereocenters. The highest BCUT2D eigenvalue weighted by Crippen LogP contribution is 2.23. The highest BCUT2D eigenvalue weighted by Gasteiger charge is 2.17. The number of fused-ring (bicyclic) bond motifs is 1. The van der Waals surface area contributed by atoms with Gasteiger partial charge < -0.3 is 5.32 Å². The third-order valence-electron chi connectivity index (χ3n) is 4.10. The van der Waals surface area contributed by atoms with Crippen molar-refractivity contribution < 1.29 is 0 Å². The normalized spacial score (nSPS) is 15.8. The van der Waals surface area contributed by atoms with Gasteiger partial charge in [0.25, 0.3) is 5.56 Å². The Morgan fingerprint density at radius 2 is 2.10 bits per heavy atom. The molecular formula is C15H19BrN4O. The van der Waals surface area contributed by atoms with Crippen LogP contribution in [0.3, 0.4) is 0 Å². The first-order valence-corrected chi connectivity index (χ1v) is 8.23. The van der Waals surface area contributed by atoms with Crippen molar-refractivity contribution in [1.82, 2.24) is 14.5 Å². The van der Waals surface area contributed by atoms with E-state index in [9.17, 15) is 4.79 Å². The quantitative estimate of drug-likeness (QED) is 0.922. The van der Waals surface area contributed by atoms with Crippen LogP contribution in [0.1, 0.15) is 38.3 Å². The number of aromatic nitrogens is 3. The lowest BCUT2D eigenvalue weighted by Crippen LogP contribution is -2.23. The number of nitrogens with one attached hydrogen (secondary N) is 1. The minimum absolute atomic E-state index is 0.0464. The summed E-state index contributed by atoms with van der Waals surface area (Å²) in [6.45, 7) is 4.50. The van der Waals surface area contributed by atoms with Crippen molar-refractivity contribution in [2.24, 2.45) is 0 Å². The molecule has 1 saturated carbocycles. The Labute approximate surface area is 131 Å². The third-order valence-corrected chi connectivity index (χ3v) is 4.67. The predicted octanol–water partition coefficient (Wildman–Crippen LogP) is 3.24. The van der Waals surface area contributed by atoms with Gasteiger partial charge in [-0.15, -0.1) is 0 Å². The lowest BCUT2D eigenvalue weighted by Gasteiger charge is -2.15. The number of hydrogen-bond acceptors (Lipinski definition) is 4. The van der Waals surface area contributed by atoms with E-state index in [1.165, 1.54) is 25.7 Å². The number of nitrogens with zero attached hydrogens (tertiary/aromatic N) is 3. The molecule has 0 radical (unpaired) electrons. The van der Waals surface area contributed by atoms with Crippen LogP contribution < -0.4 is 10.9 Å². The first-order chi connectivity index (χ1) is 10.1. The van der Waals surface area contributed by atoms with Gasteiger partial charge in [-0.25, -0.2) is 4.98 Å². The molecule has 0 aromatic carbocycles. The molecule has 112 valence electrons. The zero-order chi connectivity index (χ0) is 15.0. The lowest BCUT2D eigenvalue weighted by atomic mass is 10.2. The Bertz CT molecular complexity index is 735. The number of aryl methyl sites for hydroxylation is 2. The number of hydrogen-bond donors (Lipinski definition) is 1. The van der Waals surface area contributed by atoms with Crippen molar-refractivity contribution in [2.75, 3.05) is 5.32 Å². The van der Waals surface area contributed by atoms with Gasteiger partial charge >= 0.3 is 0 Å². The summed E-state index contributed by atoms with van der Waals surface area (Å²) >= 11 is 3.33. The second kappa shape index (κ2) is 5.75. The van der Waals surface area contributed by atoms with E-state index in [1.807, 2.05) is 19.9 Å². The highest BCUT2D eigenvalue weighted by atomic mass is 79.9. The number of anilines is 1. The summed E-state index contributed by atoms with van der Waals surface area (Å²) in [5, 5.41) is 4.33. The van der Waals surface area contributed by atoms with Crippen molar-refractivity contribution in [3.63, 3.8) is 0 Å². The summed E-state index contributed by atoms with van der Waals surface area (Å²) < 4.78 is 2.24. The van der Waals surface area contributed by atoms with Crippen LogP contribution in [0.25, 0.3) is 11.0 Å². The van der Waals surface area contributed by atoms with Crippen LogP contribution in [0.5, 0.6) is 0 Å². The maximum absolute atomic E-state index is 12.2. The Hall–Kier alpha value is -1.43. The van der Waals surface area contributed by atoms with E-state index in [2.05, 4.69) is 31.2 Å². The van der Waals surface area contributed by atoms with Gasteiger partial charge in [-0.3, -0.25) is 9.36 Å². The van der Waals surface area contributed by atoms with E-state index >= 15 is 0 Å². The summed E-state index contributed by atoms with van der Waals surface area (Å²) in [4.78, 5) is 21.4. The van der Waals surface area contributed by atoms with Crippen molar-refractivity contribution in [3.05, 3.63) is 26.6 Å². The van der Waals surface area contributed by atoms with Crippen LogP contribution in [0.15, 0.2) is 15.3 Å². The molecule has 3 rings (SSSR count). The van der Waals surface area contributed by atoms with E-state index < -0.39 is 0 Å². The van der Waals surface area contributed by atoms with Crippen molar-refractivity contribution >= 4 is 32.9 Å². The van der Waals surface area contributed by atoms with E-state index in [0.717, 1.165) is 11.1 Å². The van der Waals surface area contributed by atoms with Gasteiger partial charge in [0.2, 0.25) is 5.95 Å². The molecule has 2 aromatic rings. The first-order valence-electron chi connectivity index (χ1n) is 7.44. The van der Waals surface area contributed by atoms with Gasteiger partial charge in [0.15, 0.2) is 0 Å². The molecule has 2 heterocycles. The van der Waals surface area contributed by atoms with E-state index in [-0.39, 0.29) is 5.56 Å². The van der Waals surface area contributed by atoms with E-state index in [1.54, 1.807) is 4.57 Å². The Balaban J connectivity index is 2.12. The smallest absolute Gasteiger partial charge is 0.266 e. The average molecular weight is 351 g/mol. The second-order valence-corrected chi connectivity index (χ2v) is 6.39. The van der Waals surface area contributed by atoms with Crippen molar-refractivity contribution in [3.8, 4) is 0 Å². The summed E-state index contributed by atoms with van der Waals surface area (Å²) in [7, 11) is 0. The third kappa shape index (κ3) is 2.69. The Kier molecular flexibility index (Phi) is 3.97. The number of halogens is 1. The largest absolute Gasteiger partial charge is 0.351 e. The van der Waals surface area contributed by atoms with Crippen LogP contribution in [-0.4, -0.2) is 20.6 Å². The van der Waals surface area contributed by atoms with Gasteiger partial charge in [-0.05, 0) is 48.7 Å². The molecule has 0 atom stereocenters.